The number of carbonyl (C=O) groups is 1. The van der Waals surface area contributed by atoms with Gasteiger partial charge < -0.3 is 4.74 Å². The van der Waals surface area contributed by atoms with Crippen LogP contribution in [0.15, 0.2) is 47.6 Å². The van der Waals surface area contributed by atoms with E-state index >= 15 is 0 Å². The molecular formula is C18H19ClFN3O4S. The molecule has 0 atom stereocenters. The zero-order chi connectivity index (χ0) is 20.7. The lowest BCUT2D eigenvalue weighted by Gasteiger charge is -2.23. The molecule has 0 saturated carbocycles. The van der Waals surface area contributed by atoms with E-state index in [2.05, 4.69) is 10.5 Å². The quantitative estimate of drug-likeness (QED) is 0.518. The summed E-state index contributed by atoms with van der Waals surface area (Å²) < 4.78 is 44.4. The van der Waals surface area contributed by atoms with Gasteiger partial charge in [-0.25, -0.2) is 18.2 Å². The normalized spacial score (nSPS) is 11.4. The highest BCUT2D eigenvalue weighted by molar-refractivity contribution is 7.92. The van der Waals surface area contributed by atoms with Gasteiger partial charge in [-0.05, 0) is 31.2 Å². The third-order valence-corrected chi connectivity index (χ3v) is 4.96. The van der Waals surface area contributed by atoms with E-state index in [1.807, 2.05) is 0 Å². The minimum Gasteiger partial charge on any atom is -0.492 e. The van der Waals surface area contributed by atoms with Gasteiger partial charge in [0.05, 0.1) is 29.8 Å². The van der Waals surface area contributed by atoms with Gasteiger partial charge in [0.25, 0.3) is 5.91 Å². The van der Waals surface area contributed by atoms with Crippen molar-refractivity contribution in [3.63, 3.8) is 0 Å². The Hall–Kier alpha value is -2.65. The summed E-state index contributed by atoms with van der Waals surface area (Å²) in [6, 6.07) is 10.6. The maximum Gasteiger partial charge on any atom is 0.260 e. The molecule has 2 aromatic carbocycles. The predicted molar refractivity (Wildman–Crippen MR) is 107 cm³/mol. The summed E-state index contributed by atoms with van der Waals surface area (Å²) in [6.45, 7) is 1.55. The van der Waals surface area contributed by atoms with Crippen LogP contribution in [-0.2, 0) is 14.8 Å². The highest BCUT2D eigenvalue weighted by atomic mass is 35.5. The van der Waals surface area contributed by atoms with Crippen molar-refractivity contribution in [1.29, 1.82) is 0 Å². The maximum atomic E-state index is 13.7. The van der Waals surface area contributed by atoms with Crippen LogP contribution < -0.4 is 14.5 Å². The second-order valence-electron chi connectivity index (χ2n) is 5.60. The Balaban J connectivity index is 2.18. The molecule has 0 aliphatic carbocycles. The van der Waals surface area contributed by atoms with Crippen LogP contribution in [-0.4, -0.2) is 39.9 Å². The Labute approximate surface area is 167 Å². The number of hydrazone groups is 1. The van der Waals surface area contributed by atoms with Crippen molar-refractivity contribution >= 4 is 39.4 Å². The van der Waals surface area contributed by atoms with Gasteiger partial charge in [-0.2, -0.15) is 5.10 Å². The van der Waals surface area contributed by atoms with Crippen LogP contribution >= 0.6 is 11.6 Å². The van der Waals surface area contributed by atoms with E-state index in [4.69, 9.17) is 16.3 Å². The summed E-state index contributed by atoms with van der Waals surface area (Å²) in [5.74, 6) is -1.00. The molecule has 1 N–H and O–H groups in total. The SMILES string of the molecule is CCOc1ccccc1N(CC(=O)N/N=C\c1c(F)cccc1Cl)S(C)(=O)=O. The molecule has 0 fully saturated rings. The van der Waals surface area contributed by atoms with Crippen LogP contribution in [0, 0.1) is 5.82 Å². The van der Waals surface area contributed by atoms with Crippen LogP contribution in [0.3, 0.4) is 0 Å². The smallest absolute Gasteiger partial charge is 0.260 e. The van der Waals surface area contributed by atoms with Gasteiger partial charge >= 0.3 is 0 Å². The molecule has 0 aliphatic rings. The molecular weight excluding hydrogens is 409 g/mol. The first kappa shape index (κ1) is 21.6. The molecule has 0 heterocycles. The zero-order valence-corrected chi connectivity index (χ0v) is 16.8. The topological polar surface area (TPSA) is 88.1 Å². The van der Waals surface area contributed by atoms with E-state index in [0.29, 0.717) is 12.4 Å². The van der Waals surface area contributed by atoms with Crippen molar-refractivity contribution in [1.82, 2.24) is 5.43 Å². The number of sulfonamides is 1. The molecule has 2 rings (SSSR count). The monoisotopic (exact) mass is 427 g/mol. The van der Waals surface area contributed by atoms with E-state index in [-0.39, 0.29) is 16.3 Å². The molecule has 7 nitrogen and oxygen atoms in total. The van der Waals surface area contributed by atoms with Gasteiger partial charge in [0.2, 0.25) is 10.0 Å². The number of nitrogens with zero attached hydrogens (tertiary/aromatic N) is 2. The fraction of sp³-hybridized carbons (Fsp3) is 0.222. The summed E-state index contributed by atoms with van der Waals surface area (Å²) in [7, 11) is -3.78. The number of hydrogen-bond donors (Lipinski definition) is 1. The number of hydrogen-bond acceptors (Lipinski definition) is 5. The van der Waals surface area contributed by atoms with Crippen molar-refractivity contribution in [3.8, 4) is 5.75 Å². The molecule has 0 spiro atoms. The Kier molecular flexibility index (Phi) is 7.36. The first-order valence-corrected chi connectivity index (χ1v) is 10.4. The lowest BCUT2D eigenvalue weighted by molar-refractivity contribution is -0.119. The number of amides is 1. The van der Waals surface area contributed by atoms with Gasteiger partial charge in [-0.3, -0.25) is 9.10 Å². The number of ether oxygens (including phenoxy) is 1. The Morgan fingerprint density at radius 2 is 2.00 bits per heavy atom. The van der Waals surface area contributed by atoms with Crippen molar-refractivity contribution in [2.24, 2.45) is 5.10 Å². The van der Waals surface area contributed by atoms with Crippen LogP contribution in [0.5, 0.6) is 5.75 Å². The van der Waals surface area contributed by atoms with Crippen molar-refractivity contribution < 1.29 is 22.3 Å². The molecule has 0 saturated heterocycles. The summed E-state index contributed by atoms with van der Waals surface area (Å²) in [5.41, 5.74) is 2.40. The number of nitrogens with one attached hydrogen (secondary N) is 1. The minimum absolute atomic E-state index is 0.00567. The van der Waals surface area contributed by atoms with Crippen molar-refractivity contribution in [2.45, 2.75) is 6.92 Å². The fourth-order valence-electron chi connectivity index (χ4n) is 2.29. The first-order valence-electron chi connectivity index (χ1n) is 8.19. The molecule has 0 radical (unpaired) electrons. The number of benzene rings is 2. The van der Waals surface area contributed by atoms with Gasteiger partial charge in [0, 0.05) is 5.56 Å². The Morgan fingerprint density at radius 3 is 2.64 bits per heavy atom. The van der Waals surface area contributed by atoms with Gasteiger partial charge in [-0.15, -0.1) is 0 Å². The number of halogens is 2. The highest BCUT2D eigenvalue weighted by Crippen LogP contribution is 2.29. The van der Waals surface area contributed by atoms with E-state index in [9.17, 15) is 17.6 Å². The molecule has 10 heteroatoms. The number of rotatable bonds is 8. The molecule has 2 aromatic rings. The molecule has 0 aliphatic heterocycles. The molecule has 0 aromatic heterocycles. The van der Waals surface area contributed by atoms with E-state index in [1.165, 1.54) is 24.3 Å². The Bertz CT molecular complexity index is 962. The molecule has 0 unspecified atom stereocenters. The minimum atomic E-state index is -3.78. The van der Waals surface area contributed by atoms with Crippen LogP contribution in [0.2, 0.25) is 5.02 Å². The summed E-state index contributed by atoms with van der Waals surface area (Å²) in [6.07, 6.45) is 2.03. The van der Waals surface area contributed by atoms with Gasteiger partial charge in [0.15, 0.2) is 0 Å². The van der Waals surface area contributed by atoms with Gasteiger partial charge in [0.1, 0.15) is 18.1 Å². The van der Waals surface area contributed by atoms with Crippen LogP contribution in [0.25, 0.3) is 0 Å². The summed E-state index contributed by atoms with van der Waals surface area (Å²) in [5, 5.41) is 3.78. The predicted octanol–water partition coefficient (Wildman–Crippen LogP) is 2.79. The lowest BCUT2D eigenvalue weighted by atomic mass is 10.2. The zero-order valence-electron chi connectivity index (χ0n) is 15.2. The largest absolute Gasteiger partial charge is 0.492 e. The summed E-state index contributed by atoms with van der Waals surface area (Å²) >= 11 is 5.87. The van der Waals surface area contributed by atoms with Gasteiger partial charge in [-0.1, -0.05) is 29.8 Å². The number of carbonyl (C=O) groups excluding carboxylic acids is 1. The second-order valence-corrected chi connectivity index (χ2v) is 7.91. The Morgan fingerprint density at radius 1 is 1.29 bits per heavy atom. The van der Waals surface area contributed by atoms with Crippen molar-refractivity contribution in [2.75, 3.05) is 23.7 Å². The number of anilines is 1. The van der Waals surface area contributed by atoms with Crippen molar-refractivity contribution in [3.05, 3.63) is 58.9 Å². The second kappa shape index (κ2) is 9.52. The maximum absolute atomic E-state index is 13.7. The molecule has 1 amide bonds. The number of para-hydroxylation sites is 2. The average Bonchev–Trinajstić information content (AvgIpc) is 2.62. The fourth-order valence-corrected chi connectivity index (χ4v) is 3.36. The van der Waals surface area contributed by atoms with Crippen LogP contribution in [0.4, 0.5) is 10.1 Å². The highest BCUT2D eigenvalue weighted by Gasteiger charge is 2.23. The van der Waals surface area contributed by atoms with E-state index in [1.54, 1.807) is 25.1 Å². The first-order chi connectivity index (χ1) is 13.2. The standard InChI is InChI=1S/C18H19ClFN3O4S/c1-3-27-17-10-5-4-9-16(17)23(28(2,25)26)12-18(24)22-21-11-13-14(19)7-6-8-15(13)20/h4-11H,3,12H2,1-2H3,(H,22,24)/b21-11-. The lowest BCUT2D eigenvalue weighted by Crippen LogP contribution is -2.39. The third kappa shape index (κ3) is 5.67. The molecule has 150 valence electrons. The average molecular weight is 428 g/mol. The third-order valence-electron chi connectivity index (χ3n) is 3.50. The molecule has 28 heavy (non-hydrogen) atoms. The van der Waals surface area contributed by atoms with E-state index < -0.39 is 28.3 Å². The van der Waals surface area contributed by atoms with Crippen LogP contribution in [0.1, 0.15) is 12.5 Å². The van der Waals surface area contributed by atoms with E-state index in [0.717, 1.165) is 16.8 Å². The summed E-state index contributed by atoms with van der Waals surface area (Å²) in [4.78, 5) is 12.2. The molecule has 0 bridgehead atoms.